The van der Waals surface area contributed by atoms with Gasteiger partial charge in [0.05, 0.1) is 13.0 Å². The predicted molar refractivity (Wildman–Crippen MR) is 91.2 cm³/mol. The van der Waals surface area contributed by atoms with E-state index < -0.39 is 0 Å². The van der Waals surface area contributed by atoms with Crippen LogP contribution < -0.4 is 5.63 Å². The lowest BCUT2D eigenvalue weighted by Crippen LogP contribution is -2.11. The largest absolute Gasteiger partial charge is 0.423 e. The summed E-state index contributed by atoms with van der Waals surface area (Å²) < 4.78 is 6.99. The van der Waals surface area contributed by atoms with Crippen molar-refractivity contribution in [2.75, 3.05) is 0 Å². The van der Waals surface area contributed by atoms with Crippen LogP contribution >= 0.6 is 0 Å². The van der Waals surface area contributed by atoms with E-state index in [-0.39, 0.29) is 5.63 Å². The highest BCUT2D eigenvalue weighted by Gasteiger charge is 2.12. The molecule has 0 amide bonds. The highest BCUT2D eigenvalue weighted by atomic mass is 16.4. The van der Waals surface area contributed by atoms with E-state index in [0.717, 1.165) is 22.2 Å². The van der Waals surface area contributed by atoms with Crippen LogP contribution in [0.15, 0.2) is 57.9 Å². The van der Waals surface area contributed by atoms with Crippen molar-refractivity contribution in [3.8, 4) is 0 Å². The van der Waals surface area contributed by atoms with Gasteiger partial charge in [-0.2, -0.15) is 0 Å². The summed E-state index contributed by atoms with van der Waals surface area (Å²) >= 11 is 0. The van der Waals surface area contributed by atoms with Gasteiger partial charge >= 0.3 is 5.63 Å². The molecule has 7 heteroatoms. The third kappa shape index (κ3) is 3.16. The monoisotopic (exact) mass is 333 g/mol. The maximum absolute atomic E-state index is 11.9. The first kappa shape index (κ1) is 15.2. The highest BCUT2D eigenvalue weighted by Crippen LogP contribution is 2.19. The molecule has 0 atom stereocenters. The Morgan fingerprint density at radius 3 is 2.92 bits per heavy atom. The second kappa shape index (κ2) is 6.27. The molecule has 0 aliphatic carbocycles. The molecule has 0 unspecified atom stereocenters. The second-order valence-corrected chi connectivity index (χ2v) is 5.84. The number of nitrogens with zero attached hydrogens (tertiary/aromatic N) is 5. The van der Waals surface area contributed by atoms with Gasteiger partial charge in [-0.15, -0.1) is 5.10 Å². The lowest BCUT2D eigenvalue weighted by atomic mass is 10.1. The highest BCUT2D eigenvalue weighted by molar-refractivity contribution is 5.80. The Hall–Kier alpha value is -3.35. The smallest absolute Gasteiger partial charge is 0.336 e. The summed E-state index contributed by atoms with van der Waals surface area (Å²) in [7, 11) is 0. The SMILES string of the molecule is Cc1ccc2c(Cn3nnnc3Cc3ccccn3)cc(=O)oc2c1. The molecule has 3 heterocycles. The Balaban J connectivity index is 1.71. The average molecular weight is 333 g/mol. The molecule has 3 aromatic heterocycles. The van der Waals surface area contributed by atoms with Crippen molar-refractivity contribution in [3.63, 3.8) is 0 Å². The van der Waals surface area contributed by atoms with Gasteiger partial charge in [0.25, 0.3) is 0 Å². The van der Waals surface area contributed by atoms with Crippen molar-refractivity contribution in [2.45, 2.75) is 19.9 Å². The van der Waals surface area contributed by atoms with E-state index >= 15 is 0 Å². The summed E-state index contributed by atoms with van der Waals surface area (Å²) in [5, 5.41) is 12.8. The normalized spacial score (nSPS) is 11.1. The number of fused-ring (bicyclic) bond motifs is 1. The molecular weight excluding hydrogens is 318 g/mol. The minimum absolute atomic E-state index is 0.382. The zero-order valence-electron chi connectivity index (χ0n) is 13.6. The van der Waals surface area contributed by atoms with Crippen LogP contribution in [-0.2, 0) is 13.0 Å². The van der Waals surface area contributed by atoms with E-state index in [4.69, 9.17) is 4.42 Å². The molecule has 0 radical (unpaired) electrons. The summed E-state index contributed by atoms with van der Waals surface area (Å²) in [6, 6.07) is 13.0. The molecule has 7 nitrogen and oxygen atoms in total. The molecule has 0 aliphatic rings. The summed E-state index contributed by atoms with van der Waals surface area (Å²) in [6.07, 6.45) is 2.26. The van der Waals surface area contributed by atoms with Gasteiger partial charge in [0.1, 0.15) is 5.58 Å². The number of hydrogen-bond acceptors (Lipinski definition) is 6. The third-order valence-corrected chi connectivity index (χ3v) is 3.98. The summed E-state index contributed by atoms with van der Waals surface area (Å²) in [5.41, 5.74) is 2.92. The standard InChI is InChI=1S/C18H15N5O2/c1-12-5-6-15-13(9-18(24)25-16(15)8-12)11-23-17(20-21-22-23)10-14-4-2-3-7-19-14/h2-9H,10-11H2,1H3. The van der Waals surface area contributed by atoms with E-state index in [1.54, 1.807) is 10.9 Å². The van der Waals surface area contributed by atoms with Gasteiger partial charge < -0.3 is 4.42 Å². The molecule has 4 aromatic rings. The molecule has 0 bridgehead atoms. The van der Waals surface area contributed by atoms with Gasteiger partial charge in [-0.05, 0) is 46.7 Å². The quantitative estimate of drug-likeness (QED) is 0.532. The number of aryl methyl sites for hydroxylation is 1. The summed E-state index contributed by atoms with van der Waals surface area (Å²) in [6.45, 7) is 2.35. The molecule has 4 rings (SSSR count). The molecule has 0 saturated heterocycles. The Bertz CT molecular complexity index is 1090. The summed E-state index contributed by atoms with van der Waals surface area (Å²) in [4.78, 5) is 16.2. The Morgan fingerprint density at radius 2 is 2.08 bits per heavy atom. The van der Waals surface area contributed by atoms with E-state index in [1.807, 2.05) is 43.3 Å². The van der Waals surface area contributed by atoms with Crippen molar-refractivity contribution >= 4 is 11.0 Å². The van der Waals surface area contributed by atoms with Crippen molar-refractivity contribution in [3.05, 3.63) is 81.7 Å². The van der Waals surface area contributed by atoms with Crippen LogP contribution in [0, 0.1) is 6.92 Å². The van der Waals surface area contributed by atoms with E-state index in [1.165, 1.54) is 6.07 Å². The van der Waals surface area contributed by atoms with Gasteiger partial charge in [-0.25, -0.2) is 9.48 Å². The fourth-order valence-corrected chi connectivity index (χ4v) is 2.77. The summed E-state index contributed by atoms with van der Waals surface area (Å²) in [5.74, 6) is 0.687. The van der Waals surface area contributed by atoms with Crippen LogP contribution in [0.1, 0.15) is 22.6 Å². The molecule has 0 N–H and O–H groups in total. The molecule has 0 spiro atoms. The van der Waals surface area contributed by atoms with Crippen LogP contribution in [0.5, 0.6) is 0 Å². The van der Waals surface area contributed by atoms with Gasteiger partial charge in [0.15, 0.2) is 5.82 Å². The molecule has 0 saturated carbocycles. The number of pyridine rings is 1. The first-order valence-corrected chi connectivity index (χ1v) is 7.87. The van der Waals surface area contributed by atoms with Gasteiger partial charge in [0.2, 0.25) is 0 Å². The zero-order chi connectivity index (χ0) is 17.2. The molecule has 0 fully saturated rings. The second-order valence-electron chi connectivity index (χ2n) is 5.84. The molecule has 25 heavy (non-hydrogen) atoms. The topological polar surface area (TPSA) is 86.7 Å². The molecule has 124 valence electrons. The van der Waals surface area contributed by atoms with Gasteiger partial charge in [-0.3, -0.25) is 4.98 Å². The Labute approximate surface area is 142 Å². The number of rotatable bonds is 4. The van der Waals surface area contributed by atoms with Gasteiger partial charge in [-0.1, -0.05) is 18.2 Å². The molecule has 0 aliphatic heterocycles. The molecular formula is C18H15N5O2. The fraction of sp³-hybridized carbons (Fsp3) is 0.167. The van der Waals surface area contributed by atoms with Crippen LogP contribution in [0.25, 0.3) is 11.0 Å². The van der Waals surface area contributed by atoms with Crippen molar-refractivity contribution in [1.29, 1.82) is 0 Å². The third-order valence-electron chi connectivity index (χ3n) is 3.98. The van der Waals surface area contributed by atoms with Crippen molar-refractivity contribution in [2.24, 2.45) is 0 Å². The number of tetrazole rings is 1. The molecule has 1 aromatic carbocycles. The maximum atomic E-state index is 11.9. The van der Waals surface area contributed by atoms with Crippen molar-refractivity contribution in [1.82, 2.24) is 25.2 Å². The Morgan fingerprint density at radius 1 is 1.16 bits per heavy atom. The van der Waals surface area contributed by atoms with E-state index in [2.05, 4.69) is 20.5 Å². The minimum Gasteiger partial charge on any atom is -0.423 e. The van der Waals surface area contributed by atoms with E-state index in [0.29, 0.717) is 24.4 Å². The zero-order valence-corrected chi connectivity index (χ0v) is 13.6. The fourth-order valence-electron chi connectivity index (χ4n) is 2.77. The number of benzene rings is 1. The average Bonchev–Trinajstić information content (AvgIpc) is 3.02. The Kier molecular flexibility index (Phi) is 3.81. The van der Waals surface area contributed by atoms with Crippen LogP contribution in [0.3, 0.4) is 0 Å². The van der Waals surface area contributed by atoms with Crippen LogP contribution in [-0.4, -0.2) is 25.2 Å². The predicted octanol–water partition coefficient (Wildman–Crippen LogP) is 2.12. The lowest BCUT2D eigenvalue weighted by molar-refractivity contribution is 0.553. The van der Waals surface area contributed by atoms with Gasteiger partial charge in [0, 0.05) is 23.3 Å². The number of aromatic nitrogens is 5. The van der Waals surface area contributed by atoms with Crippen LogP contribution in [0.2, 0.25) is 0 Å². The first-order valence-electron chi connectivity index (χ1n) is 7.87. The maximum Gasteiger partial charge on any atom is 0.336 e. The van der Waals surface area contributed by atoms with E-state index in [9.17, 15) is 4.79 Å². The minimum atomic E-state index is -0.382. The number of hydrogen-bond donors (Lipinski definition) is 0. The lowest BCUT2D eigenvalue weighted by Gasteiger charge is -2.07. The van der Waals surface area contributed by atoms with Crippen LogP contribution in [0.4, 0.5) is 0 Å². The van der Waals surface area contributed by atoms with Crippen molar-refractivity contribution < 1.29 is 4.42 Å². The first-order chi connectivity index (χ1) is 12.2.